The molecule has 1 unspecified atom stereocenters. The molecule has 3 aromatic carbocycles. The summed E-state index contributed by atoms with van der Waals surface area (Å²) in [5, 5.41) is 3.14. The highest BCUT2D eigenvalue weighted by atomic mass is 35.5. The molecule has 1 heterocycles. The van der Waals surface area contributed by atoms with Crippen LogP contribution in [0.2, 0.25) is 5.02 Å². The molecule has 28 heavy (non-hydrogen) atoms. The van der Waals surface area contributed by atoms with E-state index in [1.165, 1.54) is 12.1 Å². The van der Waals surface area contributed by atoms with Crippen molar-refractivity contribution in [3.63, 3.8) is 0 Å². The quantitative estimate of drug-likeness (QED) is 0.637. The fraction of sp³-hybridized carbons (Fsp3) is 0.0952. The Bertz CT molecular complexity index is 1020. The molecule has 142 valence electrons. The predicted molar refractivity (Wildman–Crippen MR) is 99.6 cm³/mol. The second-order valence-electron chi connectivity index (χ2n) is 6.32. The lowest BCUT2D eigenvalue weighted by Gasteiger charge is -2.28. The van der Waals surface area contributed by atoms with Gasteiger partial charge in [-0.1, -0.05) is 35.9 Å². The van der Waals surface area contributed by atoms with Crippen LogP contribution in [0, 0.1) is 11.6 Å². The third-order valence-corrected chi connectivity index (χ3v) is 4.81. The van der Waals surface area contributed by atoms with Gasteiger partial charge in [0.1, 0.15) is 35.3 Å². The molecule has 4 rings (SSSR count). The van der Waals surface area contributed by atoms with Crippen LogP contribution in [0.3, 0.4) is 0 Å². The molecular formula is C21H14ClF2NO3. The van der Waals surface area contributed by atoms with Crippen LogP contribution in [0.25, 0.3) is 0 Å². The number of hydrogen-bond donors (Lipinski definition) is 1. The van der Waals surface area contributed by atoms with Gasteiger partial charge in [-0.05, 0) is 47.5 Å². The van der Waals surface area contributed by atoms with Crippen LogP contribution < -0.4 is 10.1 Å². The highest BCUT2D eigenvalue weighted by Crippen LogP contribution is 2.36. The lowest BCUT2D eigenvalue weighted by molar-refractivity contribution is 0.174. The Kier molecular flexibility index (Phi) is 4.65. The number of nitrogens with one attached hydrogen (secondary N) is 1. The minimum Gasteiger partial charge on any atom is -0.456 e. The van der Waals surface area contributed by atoms with Crippen molar-refractivity contribution >= 4 is 17.7 Å². The zero-order valence-corrected chi connectivity index (χ0v) is 15.2. The molecule has 1 N–H and O–H groups in total. The standard InChI is InChI=1S/C21H14ClF2NO3/c22-18-3-1-2-4-19(18)28-17-7-5-13(6-8-17)21(12-27-20(26)25-21)14-9-15(23)11-16(24)10-14/h1-11H,12H2,(H,25,26). The maximum atomic E-state index is 13.8. The van der Waals surface area contributed by atoms with E-state index >= 15 is 0 Å². The molecule has 1 aliphatic rings. The molecule has 0 aromatic heterocycles. The fourth-order valence-electron chi connectivity index (χ4n) is 3.16. The van der Waals surface area contributed by atoms with E-state index < -0.39 is 23.3 Å². The van der Waals surface area contributed by atoms with E-state index in [-0.39, 0.29) is 12.2 Å². The molecule has 0 aliphatic carbocycles. The second kappa shape index (κ2) is 7.13. The Morgan fingerprint density at radius 1 is 0.964 bits per heavy atom. The molecule has 7 heteroatoms. The minimum absolute atomic E-state index is 0.0978. The summed E-state index contributed by atoms with van der Waals surface area (Å²) in [4.78, 5) is 11.8. The van der Waals surface area contributed by atoms with Gasteiger partial charge in [0.15, 0.2) is 0 Å². The van der Waals surface area contributed by atoms with Crippen LogP contribution >= 0.6 is 11.6 Å². The Morgan fingerprint density at radius 3 is 2.25 bits per heavy atom. The van der Waals surface area contributed by atoms with Gasteiger partial charge in [-0.2, -0.15) is 0 Å². The van der Waals surface area contributed by atoms with E-state index in [1.54, 1.807) is 48.5 Å². The van der Waals surface area contributed by atoms with Crippen molar-refractivity contribution in [2.75, 3.05) is 6.61 Å². The van der Waals surface area contributed by atoms with Crippen LogP contribution in [0.15, 0.2) is 66.7 Å². The summed E-state index contributed by atoms with van der Waals surface area (Å²) in [6.07, 6.45) is -0.666. The highest BCUT2D eigenvalue weighted by Gasteiger charge is 2.43. The minimum atomic E-state index is -1.21. The molecule has 4 nitrogen and oxygen atoms in total. The zero-order valence-electron chi connectivity index (χ0n) is 14.4. The van der Waals surface area contributed by atoms with E-state index in [4.69, 9.17) is 21.1 Å². The first kappa shape index (κ1) is 18.3. The number of carbonyl (C=O) groups is 1. The summed E-state index contributed by atoms with van der Waals surface area (Å²) >= 11 is 6.10. The number of hydrogen-bond acceptors (Lipinski definition) is 3. The molecule has 0 saturated carbocycles. The Hall–Kier alpha value is -3.12. The van der Waals surface area contributed by atoms with Gasteiger partial charge < -0.3 is 14.8 Å². The third kappa shape index (κ3) is 3.39. The summed E-state index contributed by atoms with van der Waals surface area (Å²) in [5.41, 5.74) is -0.367. The van der Waals surface area contributed by atoms with Crippen LogP contribution in [0.4, 0.5) is 13.6 Å². The van der Waals surface area contributed by atoms with Crippen LogP contribution in [0.5, 0.6) is 11.5 Å². The van der Waals surface area contributed by atoms with Crippen molar-refractivity contribution < 1.29 is 23.0 Å². The first-order chi connectivity index (χ1) is 13.5. The van der Waals surface area contributed by atoms with Crippen LogP contribution in [-0.4, -0.2) is 12.7 Å². The molecule has 1 aliphatic heterocycles. The molecular weight excluding hydrogens is 388 g/mol. The maximum absolute atomic E-state index is 13.8. The van der Waals surface area contributed by atoms with E-state index in [1.807, 2.05) is 0 Å². The summed E-state index contributed by atoms with van der Waals surface area (Å²) in [6.45, 7) is -0.0978. The SMILES string of the molecule is O=C1NC(c2ccc(Oc3ccccc3Cl)cc2)(c2cc(F)cc(F)c2)CO1. The number of alkyl carbamates (subject to hydrolysis) is 1. The number of benzene rings is 3. The van der Waals surface area contributed by atoms with Crippen molar-refractivity contribution in [3.8, 4) is 11.5 Å². The summed E-state index contributed by atoms with van der Waals surface area (Å²) in [7, 11) is 0. The van der Waals surface area contributed by atoms with Gasteiger partial charge in [-0.25, -0.2) is 13.6 Å². The Balaban J connectivity index is 1.70. The van der Waals surface area contributed by atoms with E-state index in [0.717, 1.165) is 6.07 Å². The fourth-order valence-corrected chi connectivity index (χ4v) is 3.33. The number of amides is 1. The molecule has 1 atom stereocenters. The van der Waals surface area contributed by atoms with Gasteiger partial charge in [-0.15, -0.1) is 0 Å². The number of ether oxygens (including phenoxy) is 2. The number of para-hydroxylation sites is 1. The van der Waals surface area contributed by atoms with Gasteiger partial charge in [0.25, 0.3) is 0 Å². The molecule has 1 saturated heterocycles. The van der Waals surface area contributed by atoms with Crippen molar-refractivity contribution in [1.29, 1.82) is 0 Å². The van der Waals surface area contributed by atoms with Gasteiger partial charge in [0.05, 0.1) is 5.02 Å². The Labute approximate surface area is 164 Å². The molecule has 3 aromatic rings. The largest absolute Gasteiger partial charge is 0.456 e. The predicted octanol–water partition coefficient (Wildman–Crippen LogP) is 5.39. The number of rotatable bonds is 4. The molecule has 0 radical (unpaired) electrons. The van der Waals surface area contributed by atoms with Crippen LogP contribution in [-0.2, 0) is 10.3 Å². The first-order valence-electron chi connectivity index (χ1n) is 8.41. The lowest BCUT2D eigenvalue weighted by atomic mass is 9.84. The molecule has 1 fully saturated rings. The lowest BCUT2D eigenvalue weighted by Crippen LogP contribution is -2.41. The monoisotopic (exact) mass is 401 g/mol. The van der Waals surface area contributed by atoms with Gasteiger partial charge in [-0.3, -0.25) is 0 Å². The van der Waals surface area contributed by atoms with Crippen LogP contribution in [0.1, 0.15) is 11.1 Å². The smallest absolute Gasteiger partial charge is 0.408 e. The topological polar surface area (TPSA) is 47.6 Å². The Morgan fingerprint density at radius 2 is 1.64 bits per heavy atom. The summed E-state index contributed by atoms with van der Waals surface area (Å²) in [6, 6.07) is 16.9. The van der Waals surface area contributed by atoms with E-state index in [9.17, 15) is 13.6 Å². The maximum Gasteiger partial charge on any atom is 0.408 e. The van der Waals surface area contributed by atoms with Crippen molar-refractivity contribution in [2.45, 2.75) is 5.54 Å². The van der Waals surface area contributed by atoms with Crippen molar-refractivity contribution in [3.05, 3.63) is 94.5 Å². The molecule has 0 spiro atoms. The van der Waals surface area contributed by atoms with Gasteiger partial charge in [0.2, 0.25) is 0 Å². The second-order valence-corrected chi connectivity index (χ2v) is 6.73. The average Bonchev–Trinajstić information content (AvgIpc) is 3.06. The third-order valence-electron chi connectivity index (χ3n) is 4.50. The number of carbonyl (C=O) groups excluding carboxylic acids is 1. The number of cyclic esters (lactones) is 1. The summed E-state index contributed by atoms with van der Waals surface area (Å²) in [5.74, 6) is -0.470. The molecule has 0 bridgehead atoms. The van der Waals surface area contributed by atoms with E-state index in [2.05, 4.69) is 5.32 Å². The van der Waals surface area contributed by atoms with Gasteiger partial charge in [0, 0.05) is 6.07 Å². The zero-order chi connectivity index (χ0) is 19.7. The number of halogens is 3. The highest BCUT2D eigenvalue weighted by molar-refractivity contribution is 6.32. The average molecular weight is 402 g/mol. The first-order valence-corrected chi connectivity index (χ1v) is 8.78. The molecule has 1 amide bonds. The normalized spacial score (nSPS) is 18.5. The van der Waals surface area contributed by atoms with Crippen molar-refractivity contribution in [2.24, 2.45) is 0 Å². The van der Waals surface area contributed by atoms with Gasteiger partial charge >= 0.3 is 6.09 Å². The summed E-state index contributed by atoms with van der Waals surface area (Å²) < 4.78 is 38.4. The van der Waals surface area contributed by atoms with Crippen molar-refractivity contribution in [1.82, 2.24) is 5.32 Å². The van der Waals surface area contributed by atoms with E-state index in [0.29, 0.717) is 22.1 Å².